The largest absolute Gasteiger partial charge is 0.388 e. The molecule has 1 aliphatic rings. The number of amides is 1. The van der Waals surface area contributed by atoms with Crippen LogP contribution in [0, 0.1) is 15.9 Å². The van der Waals surface area contributed by atoms with Gasteiger partial charge in [0.2, 0.25) is 5.91 Å². The molecule has 6 nitrogen and oxygen atoms in total. The summed E-state index contributed by atoms with van der Waals surface area (Å²) in [4.78, 5) is 21.7. The topological polar surface area (TPSA) is 92.5 Å². The van der Waals surface area contributed by atoms with E-state index >= 15 is 0 Å². The molecule has 112 valence electrons. The van der Waals surface area contributed by atoms with Crippen molar-refractivity contribution in [2.45, 2.75) is 24.9 Å². The first-order chi connectivity index (χ1) is 9.89. The summed E-state index contributed by atoms with van der Waals surface area (Å²) in [6.07, 6.45) is 4.62. The van der Waals surface area contributed by atoms with Gasteiger partial charge >= 0.3 is 0 Å². The summed E-state index contributed by atoms with van der Waals surface area (Å²) in [6, 6.07) is 3.12. The van der Waals surface area contributed by atoms with Gasteiger partial charge in [-0.3, -0.25) is 14.9 Å². The van der Waals surface area contributed by atoms with Gasteiger partial charge < -0.3 is 10.4 Å². The number of aliphatic hydroxyl groups is 1. The Labute approximate surface area is 120 Å². The molecule has 0 aliphatic heterocycles. The Morgan fingerprint density at radius 1 is 1.52 bits per heavy atom. The van der Waals surface area contributed by atoms with E-state index in [-0.39, 0.29) is 12.1 Å². The van der Waals surface area contributed by atoms with E-state index in [0.29, 0.717) is 12.8 Å². The van der Waals surface area contributed by atoms with Gasteiger partial charge in [0.15, 0.2) is 0 Å². The third-order valence-corrected chi connectivity index (χ3v) is 3.48. The molecule has 0 aromatic heterocycles. The number of hydrogen-bond donors (Lipinski definition) is 2. The SMILES string of the molecule is O=C(C=Cc1ccc(F)cc1[N+](=O)[O-])NCC1(O)CCC1. The standard InChI is InChI=1S/C14H15FN2O4/c15-11-4-2-10(12(8-11)17(20)21)3-5-13(18)16-9-14(19)6-1-7-14/h2-5,8,19H,1,6-7,9H2,(H,16,18). The van der Waals surface area contributed by atoms with Gasteiger partial charge in [-0.1, -0.05) is 0 Å². The summed E-state index contributed by atoms with van der Waals surface area (Å²) in [5.74, 6) is -1.18. The van der Waals surface area contributed by atoms with Crippen LogP contribution in [0.4, 0.5) is 10.1 Å². The fraction of sp³-hybridized carbons (Fsp3) is 0.357. The van der Waals surface area contributed by atoms with Crippen LogP contribution in [-0.2, 0) is 4.79 Å². The number of nitro groups is 1. The third-order valence-electron chi connectivity index (χ3n) is 3.48. The number of carbonyl (C=O) groups is 1. The van der Waals surface area contributed by atoms with Gasteiger partial charge in [-0.05, 0) is 37.5 Å². The van der Waals surface area contributed by atoms with Crippen LogP contribution in [0.1, 0.15) is 24.8 Å². The highest BCUT2D eigenvalue weighted by Gasteiger charge is 2.34. The van der Waals surface area contributed by atoms with Gasteiger partial charge in [0, 0.05) is 12.6 Å². The van der Waals surface area contributed by atoms with E-state index in [0.717, 1.165) is 24.6 Å². The zero-order valence-corrected chi connectivity index (χ0v) is 11.2. The molecular formula is C14H15FN2O4. The van der Waals surface area contributed by atoms with Gasteiger partial charge in [0.05, 0.1) is 22.2 Å². The Hall–Kier alpha value is -2.28. The fourth-order valence-electron chi connectivity index (χ4n) is 2.05. The van der Waals surface area contributed by atoms with E-state index in [4.69, 9.17) is 0 Å². The second-order valence-electron chi connectivity index (χ2n) is 5.09. The van der Waals surface area contributed by atoms with E-state index in [9.17, 15) is 24.4 Å². The van der Waals surface area contributed by atoms with Crippen molar-refractivity contribution >= 4 is 17.7 Å². The monoisotopic (exact) mass is 294 g/mol. The highest BCUT2D eigenvalue weighted by atomic mass is 19.1. The van der Waals surface area contributed by atoms with Crippen LogP contribution in [0.15, 0.2) is 24.3 Å². The molecule has 0 bridgehead atoms. The molecular weight excluding hydrogens is 279 g/mol. The van der Waals surface area contributed by atoms with Gasteiger partial charge in [0.25, 0.3) is 5.69 Å². The number of nitrogens with zero attached hydrogens (tertiary/aromatic N) is 1. The lowest BCUT2D eigenvalue weighted by molar-refractivity contribution is -0.385. The quantitative estimate of drug-likeness (QED) is 0.492. The Morgan fingerprint density at radius 2 is 2.24 bits per heavy atom. The smallest absolute Gasteiger partial charge is 0.279 e. The van der Waals surface area contributed by atoms with Crippen molar-refractivity contribution in [1.82, 2.24) is 5.32 Å². The van der Waals surface area contributed by atoms with Crippen LogP contribution in [0.2, 0.25) is 0 Å². The van der Waals surface area contributed by atoms with Gasteiger partial charge in [-0.25, -0.2) is 4.39 Å². The Morgan fingerprint density at radius 3 is 2.81 bits per heavy atom. The molecule has 21 heavy (non-hydrogen) atoms. The molecule has 1 aromatic carbocycles. The number of rotatable bonds is 5. The maximum atomic E-state index is 13.0. The molecule has 1 saturated carbocycles. The number of nitro benzene ring substituents is 1. The second-order valence-corrected chi connectivity index (χ2v) is 5.09. The lowest BCUT2D eigenvalue weighted by Crippen LogP contribution is -2.47. The van der Waals surface area contributed by atoms with Crippen molar-refractivity contribution < 1.29 is 19.2 Å². The van der Waals surface area contributed by atoms with E-state index < -0.39 is 27.9 Å². The molecule has 0 radical (unpaired) electrons. The Balaban J connectivity index is 2.00. The van der Waals surface area contributed by atoms with Crippen LogP contribution in [0.3, 0.4) is 0 Å². The molecule has 0 spiro atoms. The molecule has 7 heteroatoms. The van der Waals surface area contributed by atoms with Crippen LogP contribution in [0.5, 0.6) is 0 Å². The van der Waals surface area contributed by atoms with E-state index in [1.54, 1.807) is 0 Å². The molecule has 0 heterocycles. The summed E-state index contributed by atoms with van der Waals surface area (Å²) in [5, 5.41) is 23.2. The fourth-order valence-corrected chi connectivity index (χ4v) is 2.05. The first-order valence-corrected chi connectivity index (χ1v) is 6.52. The van der Waals surface area contributed by atoms with Crippen molar-refractivity contribution in [3.05, 3.63) is 45.8 Å². The normalized spacial score (nSPS) is 16.5. The van der Waals surface area contributed by atoms with Crippen molar-refractivity contribution in [3.8, 4) is 0 Å². The molecule has 2 rings (SSSR count). The molecule has 1 amide bonds. The highest BCUT2D eigenvalue weighted by molar-refractivity contribution is 5.92. The summed E-state index contributed by atoms with van der Waals surface area (Å²) in [7, 11) is 0. The van der Waals surface area contributed by atoms with Crippen LogP contribution < -0.4 is 5.32 Å². The molecule has 1 aromatic rings. The maximum Gasteiger partial charge on any atom is 0.279 e. The minimum Gasteiger partial charge on any atom is -0.388 e. The zero-order chi connectivity index (χ0) is 15.5. The number of benzene rings is 1. The van der Waals surface area contributed by atoms with Crippen molar-refractivity contribution in [3.63, 3.8) is 0 Å². The van der Waals surface area contributed by atoms with Crippen molar-refractivity contribution in [1.29, 1.82) is 0 Å². The molecule has 2 N–H and O–H groups in total. The predicted octanol–water partition coefficient (Wildman–Crippen LogP) is 1.78. The molecule has 1 aliphatic carbocycles. The first kappa shape index (κ1) is 15.1. The summed E-state index contributed by atoms with van der Waals surface area (Å²) < 4.78 is 13.0. The van der Waals surface area contributed by atoms with E-state index in [2.05, 4.69) is 5.32 Å². The van der Waals surface area contributed by atoms with Gasteiger partial charge in [0.1, 0.15) is 5.82 Å². The van der Waals surface area contributed by atoms with Gasteiger partial charge in [-0.2, -0.15) is 0 Å². The Kier molecular flexibility index (Phi) is 4.32. The predicted molar refractivity (Wildman–Crippen MR) is 73.9 cm³/mol. The Bertz CT molecular complexity index is 597. The minimum absolute atomic E-state index is 0.138. The van der Waals surface area contributed by atoms with Crippen LogP contribution >= 0.6 is 0 Å². The van der Waals surface area contributed by atoms with Crippen LogP contribution in [-0.4, -0.2) is 28.1 Å². The average Bonchev–Trinajstić information content (AvgIpc) is 2.41. The summed E-state index contributed by atoms with van der Waals surface area (Å²) in [5.41, 5.74) is -1.10. The van der Waals surface area contributed by atoms with Crippen molar-refractivity contribution in [2.75, 3.05) is 6.54 Å². The van der Waals surface area contributed by atoms with Crippen LogP contribution in [0.25, 0.3) is 6.08 Å². The number of hydrogen-bond acceptors (Lipinski definition) is 4. The molecule has 0 saturated heterocycles. The lowest BCUT2D eigenvalue weighted by Gasteiger charge is -2.36. The first-order valence-electron chi connectivity index (χ1n) is 6.52. The van der Waals surface area contributed by atoms with E-state index in [1.165, 1.54) is 12.1 Å². The number of carbonyl (C=O) groups excluding carboxylic acids is 1. The third kappa shape index (κ3) is 3.85. The zero-order valence-electron chi connectivity index (χ0n) is 11.2. The maximum absolute atomic E-state index is 13.0. The number of halogens is 1. The van der Waals surface area contributed by atoms with Gasteiger partial charge in [-0.15, -0.1) is 0 Å². The molecule has 0 atom stereocenters. The average molecular weight is 294 g/mol. The lowest BCUT2D eigenvalue weighted by atomic mass is 9.80. The highest BCUT2D eigenvalue weighted by Crippen LogP contribution is 2.30. The number of nitrogens with one attached hydrogen (secondary N) is 1. The van der Waals surface area contributed by atoms with Crippen molar-refractivity contribution in [2.24, 2.45) is 0 Å². The molecule has 1 fully saturated rings. The summed E-state index contributed by atoms with van der Waals surface area (Å²) in [6.45, 7) is 0.154. The molecule has 0 unspecified atom stereocenters. The van der Waals surface area contributed by atoms with E-state index in [1.807, 2.05) is 0 Å². The minimum atomic E-state index is -0.828. The summed E-state index contributed by atoms with van der Waals surface area (Å²) >= 11 is 0. The second kappa shape index (κ2) is 6.01.